The number of halogens is 1. The van der Waals surface area contributed by atoms with Crippen LogP contribution in [0, 0.1) is 18.2 Å². The molecule has 0 aliphatic carbocycles. The zero-order valence-electron chi connectivity index (χ0n) is 12.4. The summed E-state index contributed by atoms with van der Waals surface area (Å²) in [5, 5.41) is 0. The van der Waals surface area contributed by atoms with Gasteiger partial charge in [0.05, 0.1) is 4.90 Å². The van der Waals surface area contributed by atoms with E-state index in [9.17, 15) is 12.8 Å². The Hall–Kier alpha value is -0.980. The summed E-state index contributed by atoms with van der Waals surface area (Å²) in [5.41, 5.74) is 5.79. The average Bonchev–Trinajstić information content (AvgIpc) is 2.30. The van der Waals surface area contributed by atoms with Crippen LogP contribution in [0.3, 0.4) is 0 Å². The normalized spacial score (nSPS) is 14.3. The van der Waals surface area contributed by atoms with Gasteiger partial charge in [-0.15, -0.1) is 0 Å². The second kappa shape index (κ2) is 6.20. The molecule has 6 heteroatoms. The Labute approximate surface area is 120 Å². The molecule has 1 rings (SSSR count). The van der Waals surface area contributed by atoms with Gasteiger partial charge in [-0.2, -0.15) is 0 Å². The van der Waals surface area contributed by atoms with E-state index in [1.807, 2.05) is 20.8 Å². The van der Waals surface area contributed by atoms with E-state index in [-0.39, 0.29) is 16.4 Å². The van der Waals surface area contributed by atoms with Gasteiger partial charge < -0.3 is 5.73 Å². The Kier molecular flexibility index (Phi) is 5.29. The third-order valence-electron chi connectivity index (χ3n) is 3.24. The number of benzene rings is 1. The Morgan fingerprint density at radius 3 is 2.45 bits per heavy atom. The molecule has 1 aromatic rings. The lowest BCUT2D eigenvalue weighted by atomic mass is 9.85. The molecule has 1 unspecified atom stereocenters. The van der Waals surface area contributed by atoms with Crippen LogP contribution in [-0.4, -0.2) is 21.0 Å². The zero-order valence-corrected chi connectivity index (χ0v) is 13.2. The van der Waals surface area contributed by atoms with Gasteiger partial charge in [-0.05, 0) is 43.0 Å². The van der Waals surface area contributed by atoms with E-state index in [4.69, 9.17) is 5.73 Å². The van der Waals surface area contributed by atoms with Crippen molar-refractivity contribution < 1.29 is 12.8 Å². The first kappa shape index (κ1) is 17.1. The van der Waals surface area contributed by atoms with E-state index in [2.05, 4.69) is 4.72 Å². The quantitative estimate of drug-likeness (QED) is 0.875. The minimum Gasteiger partial charge on any atom is -0.330 e. The molecular weight excluding hydrogens is 279 g/mol. The fourth-order valence-electron chi connectivity index (χ4n) is 1.95. The fourth-order valence-corrected chi connectivity index (χ4v) is 3.68. The number of aryl methyl sites for hydroxylation is 1. The number of nitrogens with two attached hydrogens (primary N) is 1. The van der Waals surface area contributed by atoms with Crippen LogP contribution in [-0.2, 0) is 10.0 Å². The van der Waals surface area contributed by atoms with Crippen LogP contribution < -0.4 is 10.5 Å². The largest absolute Gasteiger partial charge is 0.330 e. The van der Waals surface area contributed by atoms with E-state index in [0.29, 0.717) is 18.5 Å². The third kappa shape index (κ3) is 4.26. The van der Waals surface area contributed by atoms with Crippen LogP contribution >= 0.6 is 0 Å². The van der Waals surface area contributed by atoms with Crippen molar-refractivity contribution in [1.82, 2.24) is 4.72 Å². The van der Waals surface area contributed by atoms with E-state index >= 15 is 0 Å². The highest BCUT2D eigenvalue weighted by Crippen LogP contribution is 2.24. The molecule has 0 aliphatic rings. The van der Waals surface area contributed by atoms with Crippen LogP contribution in [0.15, 0.2) is 23.1 Å². The second-order valence-electron chi connectivity index (χ2n) is 6.03. The highest BCUT2D eigenvalue weighted by molar-refractivity contribution is 7.89. The summed E-state index contributed by atoms with van der Waals surface area (Å²) in [6, 6.07) is 3.44. The lowest BCUT2D eigenvalue weighted by Gasteiger charge is -2.31. The number of sulfonamides is 1. The molecule has 0 fully saturated rings. The van der Waals surface area contributed by atoms with Gasteiger partial charge in [0.2, 0.25) is 10.0 Å². The predicted molar refractivity (Wildman–Crippen MR) is 78.4 cm³/mol. The number of nitrogens with one attached hydrogen (secondary N) is 1. The fraction of sp³-hybridized carbons (Fsp3) is 0.571. The van der Waals surface area contributed by atoms with E-state index in [1.54, 1.807) is 6.92 Å². The number of hydrogen-bond acceptors (Lipinski definition) is 3. The van der Waals surface area contributed by atoms with Crippen molar-refractivity contribution >= 4 is 10.0 Å². The SMILES string of the molecule is Cc1ccc(F)cc1S(=O)(=O)NC(CCN)C(C)(C)C. The third-order valence-corrected chi connectivity index (χ3v) is 4.85. The van der Waals surface area contributed by atoms with Crippen LogP contribution in [0.2, 0.25) is 0 Å². The second-order valence-corrected chi connectivity index (χ2v) is 7.71. The Morgan fingerprint density at radius 2 is 1.95 bits per heavy atom. The molecule has 1 aromatic carbocycles. The van der Waals surface area contributed by atoms with Crippen molar-refractivity contribution in [3.63, 3.8) is 0 Å². The number of hydrogen-bond donors (Lipinski definition) is 2. The van der Waals surface area contributed by atoms with Gasteiger partial charge in [0.1, 0.15) is 5.82 Å². The Morgan fingerprint density at radius 1 is 1.35 bits per heavy atom. The minimum absolute atomic E-state index is 0.0243. The standard InChI is InChI=1S/C14H23FN2O2S/c1-10-5-6-11(15)9-12(10)20(18,19)17-13(7-8-16)14(2,3)4/h5-6,9,13,17H,7-8,16H2,1-4H3. The first-order valence-electron chi connectivity index (χ1n) is 6.56. The van der Waals surface area contributed by atoms with E-state index in [1.165, 1.54) is 12.1 Å². The first-order chi connectivity index (χ1) is 9.08. The summed E-state index contributed by atoms with van der Waals surface area (Å²) < 4.78 is 40.8. The van der Waals surface area contributed by atoms with Gasteiger partial charge in [0.25, 0.3) is 0 Å². The smallest absolute Gasteiger partial charge is 0.241 e. The maximum Gasteiger partial charge on any atom is 0.241 e. The predicted octanol–water partition coefficient (Wildman–Crippen LogP) is 2.18. The topological polar surface area (TPSA) is 72.2 Å². The molecule has 0 saturated carbocycles. The van der Waals surface area contributed by atoms with Crippen LogP contribution in [0.5, 0.6) is 0 Å². The van der Waals surface area contributed by atoms with Crippen molar-refractivity contribution in [2.45, 2.75) is 45.1 Å². The molecule has 0 spiro atoms. The molecule has 0 heterocycles. The summed E-state index contributed by atoms with van der Waals surface area (Å²) in [4.78, 5) is -0.0243. The van der Waals surface area contributed by atoms with Crippen LogP contribution in [0.1, 0.15) is 32.8 Å². The molecule has 3 N–H and O–H groups in total. The van der Waals surface area contributed by atoms with Gasteiger partial charge in [-0.1, -0.05) is 26.8 Å². The van der Waals surface area contributed by atoms with Crippen molar-refractivity contribution in [3.8, 4) is 0 Å². The van der Waals surface area contributed by atoms with Crippen LogP contribution in [0.4, 0.5) is 4.39 Å². The molecule has 0 radical (unpaired) electrons. The van der Waals surface area contributed by atoms with Crippen LogP contribution in [0.25, 0.3) is 0 Å². The molecular formula is C14H23FN2O2S. The van der Waals surface area contributed by atoms with E-state index < -0.39 is 15.8 Å². The molecule has 0 amide bonds. The molecule has 0 aliphatic heterocycles. The minimum atomic E-state index is -3.76. The lowest BCUT2D eigenvalue weighted by Crippen LogP contribution is -2.44. The van der Waals surface area contributed by atoms with Gasteiger partial charge in [-0.25, -0.2) is 17.5 Å². The maximum atomic E-state index is 13.3. The molecule has 1 atom stereocenters. The van der Waals surface area contributed by atoms with Crippen molar-refractivity contribution in [2.24, 2.45) is 11.1 Å². The zero-order chi connectivity index (χ0) is 15.6. The highest BCUT2D eigenvalue weighted by Gasteiger charge is 2.29. The molecule has 0 bridgehead atoms. The lowest BCUT2D eigenvalue weighted by molar-refractivity contribution is 0.287. The highest BCUT2D eigenvalue weighted by atomic mass is 32.2. The Balaban J connectivity index is 3.13. The van der Waals surface area contributed by atoms with E-state index in [0.717, 1.165) is 6.07 Å². The van der Waals surface area contributed by atoms with Crippen molar-refractivity contribution in [2.75, 3.05) is 6.54 Å². The van der Waals surface area contributed by atoms with Gasteiger partial charge in [0, 0.05) is 6.04 Å². The first-order valence-corrected chi connectivity index (χ1v) is 8.05. The summed E-state index contributed by atoms with van der Waals surface area (Å²) in [7, 11) is -3.76. The molecule has 0 aromatic heterocycles. The van der Waals surface area contributed by atoms with Gasteiger partial charge in [0.15, 0.2) is 0 Å². The molecule has 20 heavy (non-hydrogen) atoms. The molecule has 0 saturated heterocycles. The Bertz CT molecular complexity index is 565. The summed E-state index contributed by atoms with van der Waals surface area (Å²) >= 11 is 0. The average molecular weight is 302 g/mol. The molecule has 4 nitrogen and oxygen atoms in total. The summed E-state index contributed by atoms with van der Waals surface area (Å²) in [5.74, 6) is -0.567. The summed E-state index contributed by atoms with van der Waals surface area (Å²) in [6.07, 6.45) is 0.525. The summed E-state index contributed by atoms with van der Waals surface area (Å²) in [6.45, 7) is 7.84. The van der Waals surface area contributed by atoms with Gasteiger partial charge >= 0.3 is 0 Å². The molecule has 114 valence electrons. The van der Waals surface area contributed by atoms with Crippen molar-refractivity contribution in [1.29, 1.82) is 0 Å². The maximum absolute atomic E-state index is 13.3. The van der Waals surface area contributed by atoms with Gasteiger partial charge in [-0.3, -0.25) is 0 Å². The monoisotopic (exact) mass is 302 g/mol. The van der Waals surface area contributed by atoms with Crippen molar-refractivity contribution in [3.05, 3.63) is 29.6 Å². The number of rotatable bonds is 5.